The Morgan fingerprint density at radius 2 is 1.65 bits per heavy atom. The van der Waals surface area contributed by atoms with E-state index >= 15 is 0 Å². The van der Waals surface area contributed by atoms with Crippen molar-refractivity contribution in [3.05, 3.63) is 35.9 Å². The van der Waals surface area contributed by atoms with Crippen molar-refractivity contribution in [2.75, 3.05) is 0 Å². The Hall–Kier alpha value is -1.44. The molecule has 0 aromatic heterocycles. The van der Waals surface area contributed by atoms with E-state index in [-0.39, 0.29) is 32.3 Å². The smallest absolute Gasteiger partial charge is 0.357 e. The Morgan fingerprint density at radius 1 is 0.946 bits per heavy atom. The summed E-state index contributed by atoms with van der Waals surface area (Å²) >= 11 is 0. The van der Waals surface area contributed by atoms with Gasteiger partial charge in [-0.1, -0.05) is 49.6 Å². The molecule has 0 spiro atoms. The third-order valence-electron chi connectivity index (χ3n) is 7.65. The zero-order valence-electron chi connectivity index (χ0n) is 21.0. The number of ether oxygens (including phenoxy) is 2. The monoisotopic (exact) mass is 538 g/mol. The number of hydrazine groups is 1. The highest BCUT2D eigenvalue weighted by Crippen LogP contribution is 2.44. The Labute approximate surface area is 213 Å². The first-order valence-corrected chi connectivity index (χ1v) is 12.8. The largest absolute Gasteiger partial charge is 0.421 e. The molecule has 0 amide bonds. The van der Waals surface area contributed by atoms with Crippen molar-refractivity contribution < 1.29 is 35.8 Å². The highest BCUT2D eigenvalue weighted by Gasteiger charge is 2.63. The summed E-state index contributed by atoms with van der Waals surface area (Å²) in [4.78, 5) is 0. The molecule has 12 heteroatoms. The van der Waals surface area contributed by atoms with Crippen LogP contribution in [-0.2, 0) is 16.1 Å². The standard InChI is InChI=1S/C25H36F6N4O2/c1-22(2)13-7-4-8-14-23(25(29,30)31,36-15-16-9-5-3-6-10-16)21-35-34-20(37-21)18-12-11-17(24(26,27)28)19(32-18)33-22/h3,5-6,9-10,17-21,32-35H,4,7-8,11-15H2,1-2H3/t17?,18?,19?,20?,21?,23-/m0/s1. The molecule has 1 aromatic rings. The van der Waals surface area contributed by atoms with Gasteiger partial charge in [-0.2, -0.15) is 26.3 Å². The molecule has 4 N–H and O–H groups in total. The minimum atomic E-state index is -4.77. The predicted octanol–water partition coefficient (Wildman–Crippen LogP) is 4.87. The topological polar surface area (TPSA) is 66.6 Å². The minimum Gasteiger partial charge on any atom is -0.357 e. The van der Waals surface area contributed by atoms with E-state index in [1.807, 2.05) is 13.8 Å². The molecule has 37 heavy (non-hydrogen) atoms. The normalized spacial score (nSPS) is 35.6. The first-order valence-electron chi connectivity index (χ1n) is 12.8. The number of benzene rings is 1. The van der Waals surface area contributed by atoms with Gasteiger partial charge >= 0.3 is 12.4 Å². The Kier molecular flexibility index (Phi) is 8.47. The zero-order valence-corrected chi connectivity index (χ0v) is 21.0. The number of rotatable bonds is 3. The summed E-state index contributed by atoms with van der Waals surface area (Å²) in [6, 6.07) is 7.95. The van der Waals surface area contributed by atoms with E-state index in [0.29, 0.717) is 24.8 Å². The molecular formula is C25H36F6N4O2. The van der Waals surface area contributed by atoms with E-state index in [1.54, 1.807) is 30.3 Å². The van der Waals surface area contributed by atoms with E-state index in [9.17, 15) is 26.3 Å². The lowest BCUT2D eigenvalue weighted by Crippen LogP contribution is -2.66. The van der Waals surface area contributed by atoms with Crippen LogP contribution in [0.3, 0.4) is 0 Å². The molecule has 3 aliphatic heterocycles. The quantitative estimate of drug-likeness (QED) is 0.412. The van der Waals surface area contributed by atoms with Crippen LogP contribution in [0.4, 0.5) is 26.3 Å². The van der Waals surface area contributed by atoms with Crippen molar-refractivity contribution in [1.82, 2.24) is 21.5 Å². The maximum Gasteiger partial charge on any atom is 0.421 e. The predicted molar refractivity (Wildman–Crippen MR) is 125 cm³/mol. The summed E-state index contributed by atoms with van der Waals surface area (Å²) in [5.74, 6) is -1.62. The van der Waals surface area contributed by atoms with Gasteiger partial charge in [0.05, 0.1) is 18.7 Å². The zero-order chi connectivity index (χ0) is 26.9. The summed E-state index contributed by atoms with van der Waals surface area (Å²) in [5, 5.41) is 6.12. The average molecular weight is 539 g/mol. The fourth-order valence-electron chi connectivity index (χ4n) is 5.55. The summed E-state index contributed by atoms with van der Waals surface area (Å²) in [6.07, 6.45) is -11.5. The molecule has 1 aromatic carbocycles. The molecular weight excluding hydrogens is 502 g/mol. The van der Waals surface area contributed by atoms with Crippen molar-refractivity contribution in [1.29, 1.82) is 0 Å². The lowest BCUT2D eigenvalue weighted by atomic mass is 9.87. The number of nitrogens with one attached hydrogen (secondary N) is 4. The van der Waals surface area contributed by atoms with Crippen molar-refractivity contribution in [2.45, 2.75) is 114 Å². The van der Waals surface area contributed by atoms with Crippen molar-refractivity contribution in [3.8, 4) is 0 Å². The molecule has 4 bridgehead atoms. The highest BCUT2D eigenvalue weighted by molar-refractivity contribution is 5.14. The van der Waals surface area contributed by atoms with Crippen LogP contribution in [0.15, 0.2) is 30.3 Å². The average Bonchev–Trinajstić information content (AvgIpc) is 3.30. The first-order chi connectivity index (χ1) is 17.3. The van der Waals surface area contributed by atoms with E-state index in [4.69, 9.17) is 9.47 Å². The van der Waals surface area contributed by atoms with Gasteiger partial charge in [0.15, 0.2) is 6.23 Å². The lowest BCUT2D eigenvalue weighted by molar-refractivity contribution is -0.320. The fraction of sp³-hybridized carbons (Fsp3) is 0.760. The number of halogens is 6. The summed E-state index contributed by atoms with van der Waals surface area (Å²) in [7, 11) is 0. The van der Waals surface area contributed by atoms with Gasteiger partial charge in [0.1, 0.15) is 6.23 Å². The van der Waals surface area contributed by atoms with Gasteiger partial charge < -0.3 is 9.47 Å². The molecule has 5 unspecified atom stereocenters. The number of fused-ring (bicyclic) bond motifs is 5. The Morgan fingerprint density at radius 3 is 2.32 bits per heavy atom. The highest BCUT2D eigenvalue weighted by atomic mass is 19.4. The van der Waals surface area contributed by atoms with Gasteiger partial charge in [0.2, 0.25) is 5.60 Å². The third kappa shape index (κ3) is 6.59. The molecule has 0 saturated carbocycles. The maximum atomic E-state index is 14.8. The summed E-state index contributed by atoms with van der Waals surface area (Å²) in [5.41, 5.74) is 2.67. The second-order valence-electron chi connectivity index (χ2n) is 11.0. The van der Waals surface area contributed by atoms with Gasteiger partial charge in [-0.25, -0.2) is 10.9 Å². The van der Waals surface area contributed by atoms with Gasteiger partial charge in [0, 0.05) is 11.6 Å². The molecule has 6 atom stereocenters. The molecule has 0 aliphatic carbocycles. The number of hydrogen-bond donors (Lipinski definition) is 4. The molecule has 3 aliphatic rings. The van der Waals surface area contributed by atoms with Crippen molar-refractivity contribution in [3.63, 3.8) is 0 Å². The van der Waals surface area contributed by atoms with Crippen LogP contribution < -0.4 is 21.5 Å². The molecule has 3 saturated heterocycles. The van der Waals surface area contributed by atoms with Gasteiger partial charge in [0.25, 0.3) is 0 Å². The first kappa shape index (κ1) is 28.6. The molecule has 0 radical (unpaired) electrons. The van der Waals surface area contributed by atoms with Crippen LogP contribution in [0.25, 0.3) is 0 Å². The number of piperidine rings is 1. The second kappa shape index (κ2) is 11.0. The lowest BCUT2D eigenvalue weighted by Gasteiger charge is -2.44. The molecule has 6 nitrogen and oxygen atoms in total. The molecule has 4 rings (SSSR count). The molecule has 3 heterocycles. The van der Waals surface area contributed by atoms with Crippen molar-refractivity contribution in [2.24, 2.45) is 5.92 Å². The fourth-order valence-corrected chi connectivity index (χ4v) is 5.55. The van der Waals surface area contributed by atoms with Crippen LogP contribution >= 0.6 is 0 Å². The van der Waals surface area contributed by atoms with Crippen LogP contribution in [-0.4, -0.2) is 48.2 Å². The van der Waals surface area contributed by atoms with E-state index in [2.05, 4.69) is 21.5 Å². The van der Waals surface area contributed by atoms with Crippen LogP contribution in [0.2, 0.25) is 0 Å². The van der Waals surface area contributed by atoms with Crippen LogP contribution in [0.1, 0.15) is 64.4 Å². The van der Waals surface area contributed by atoms with Crippen LogP contribution in [0.5, 0.6) is 0 Å². The van der Waals surface area contributed by atoms with E-state index < -0.39 is 54.1 Å². The summed E-state index contributed by atoms with van der Waals surface area (Å²) in [6.45, 7) is 3.38. The van der Waals surface area contributed by atoms with Gasteiger partial charge in [-0.3, -0.25) is 10.6 Å². The molecule has 3 fully saturated rings. The second-order valence-corrected chi connectivity index (χ2v) is 11.0. The summed E-state index contributed by atoms with van der Waals surface area (Å²) < 4.78 is 97.3. The molecule has 210 valence electrons. The Balaban J connectivity index is 1.61. The van der Waals surface area contributed by atoms with Gasteiger partial charge in [-0.15, -0.1) is 0 Å². The van der Waals surface area contributed by atoms with E-state index in [1.165, 1.54) is 0 Å². The third-order valence-corrected chi connectivity index (χ3v) is 7.65. The number of alkyl halides is 6. The number of hydrogen-bond acceptors (Lipinski definition) is 6. The SMILES string of the molecule is CC1(C)CCCCC[C@@](OCc2ccccc2)(C(F)(F)F)C2NNC(O2)C2CCC(C(F)(F)F)C(N2)N1. The van der Waals surface area contributed by atoms with Crippen LogP contribution in [0, 0.1) is 5.92 Å². The maximum absolute atomic E-state index is 14.8. The van der Waals surface area contributed by atoms with Crippen molar-refractivity contribution >= 4 is 0 Å². The minimum absolute atomic E-state index is 0.0821. The van der Waals surface area contributed by atoms with E-state index in [0.717, 1.165) is 0 Å². The van der Waals surface area contributed by atoms with Gasteiger partial charge in [-0.05, 0) is 45.1 Å². The Bertz CT molecular complexity index is 884.